The average molecular weight is 515 g/mol. The molecule has 0 bridgehead atoms. The van der Waals surface area contributed by atoms with E-state index < -0.39 is 0 Å². The quantitative estimate of drug-likeness (QED) is 0.333. The summed E-state index contributed by atoms with van der Waals surface area (Å²) in [6.45, 7) is 12.2. The van der Waals surface area contributed by atoms with Gasteiger partial charge >= 0.3 is 0 Å². The zero-order chi connectivity index (χ0) is 19.6. The third-order valence-corrected chi connectivity index (χ3v) is 6.02. The van der Waals surface area contributed by atoms with Crippen LogP contribution in [0.25, 0.3) is 0 Å². The van der Waals surface area contributed by atoms with Gasteiger partial charge in [-0.25, -0.2) is 0 Å². The summed E-state index contributed by atoms with van der Waals surface area (Å²) in [4.78, 5) is 12.0. The number of nitrogens with one attached hydrogen (secondary N) is 2. The summed E-state index contributed by atoms with van der Waals surface area (Å²) in [6.07, 6.45) is 4.09. The van der Waals surface area contributed by atoms with E-state index in [1.165, 1.54) is 38.0 Å². The van der Waals surface area contributed by atoms with Crippen LogP contribution in [0.2, 0.25) is 0 Å². The number of halogens is 1. The summed E-state index contributed by atoms with van der Waals surface area (Å²) in [5.74, 6) is 0.923. The van der Waals surface area contributed by atoms with E-state index in [0.717, 1.165) is 51.8 Å². The van der Waals surface area contributed by atoms with Gasteiger partial charge in [0.05, 0.1) is 0 Å². The van der Waals surface area contributed by atoms with Gasteiger partial charge in [0.15, 0.2) is 5.96 Å². The molecule has 7 heteroatoms. The minimum atomic E-state index is 0. The van der Waals surface area contributed by atoms with E-state index in [-0.39, 0.29) is 24.0 Å². The monoisotopic (exact) mass is 514 g/mol. The Bertz CT molecular complexity index is 582. The van der Waals surface area contributed by atoms with Crippen LogP contribution < -0.4 is 15.5 Å². The molecular formula is C22H39IN6. The van der Waals surface area contributed by atoms with Crippen molar-refractivity contribution in [1.29, 1.82) is 0 Å². The number of aliphatic imine (C=N–C) groups is 1. The third-order valence-electron chi connectivity index (χ3n) is 6.02. The highest BCUT2D eigenvalue weighted by Crippen LogP contribution is 2.16. The number of rotatable bonds is 7. The largest absolute Gasteiger partial charge is 0.369 e. The lowest BCUT2D eigenvalue weighted by Crippen LogP contribution is -2.53. The maximum Gasteiger partial charge on any atom is 0.191 e. The summed E-state index contributed by atoms with van der Waals surface area (Å²) in [6, 6.07) is 11.2. The van der Waals surface area contributed by atoms with Crippen LogP contribution in [0.15, 0.2) is 35.3 Å². The maximum absolute atomic E-state index is 4.39. The fourth-order valence-electron chi connectivity index (χ4n) is 4.17. The van der Waals surface area contributed by atoms with E-state index in [1.807, 2.05) is 7.05 Å². The number of para-hydroxylation sites is 1. The molecule has 2 N–H and O–H groups in total. The Labute approximate surface area is 194 Å². The molecule has 2 fully saturated rings. The van der Waals surface area contributed by atoms with Gasteiger partial charge in [-0.1, -0.05) is 24.6 Å². The minimum absolute atomic E-state index is 0. The van der Waals surface area contributed by atoms with Gasteiger partial charge in [-0.05, 0) is 45.0 Å². The van der Waals surface area contributed by atoms with Crippen LogP contribution in [-0.4, -0.2) is 87.8 Å². The molecule has 164 valence electrons. The highest BCUT2D eigenvalue weighted by Gasteiger charge is 2.21. The minimum Gasteiger partial charge on any atom is -0.369 e. The van der Waals surface area contributed by atoms with Crippen molar-refractivity contribution in [2.45, 2.75) is 32.2 Å². The second-order valence-corrected chi connectivity index (χ2v) is 7.99. The van der Waals surface area contributed by atoms with Gasteiger partial charge in [0.25, 0.3) is 0 Å². The summed E-state index contributed by atoms with van der Waals surface area (Å²) in [5.41, 5.74) is 1.34. The predicted molar refractivity (Wildman–Crippen MR) is 135 cm³/mol. The number of benzene rings is 1. The predicted octanol–water partition coefficient (Wildman–Crippen LogP) is 2.47. The Morgan fingerprint density at radius 2 is 1.66 bits per heavy atom. The van der Waals surface area contributed by atoms with Crippen LogP contribution in [0.1, 0.15) is 26.2 Å². The molecular weight excluding hydrogens is 475 g/mol. The van der Waals surface area contributed by atoms with Crippen molar-refractivity contribution in [2.75, 3.05) is 70.9 Å². The summed E-state index contributed by atoms with van der Waals surface area (Å²) >= 11 is 0. The van der Waals surface area contributed by atoms with Crippen molar-refractivity contribution in [3.8, 4) is 0 Å². The number of piperidine rings is 1. The van der Waals surface area contributed by atoms with E-state index in [0.29, 0.717) is 6.04 Å². The van der Waals surface area contributed by atoms with E-state index in [4.69, 9.17) is 0 Å². The first-order valence-electron chi connectivity index (χ1n) is 11.0. The first kappa shape index (κ1) is 24.2. The first-order chi connectivity index (χ1) is 13.8. The molecule has 0 spiro atoms. The molecule has 1 atom stereocenters. The molecule has 3 rings (SSSR count). The van der Waals surface area contributed by atoms with Crippen LogP contribution in [0.4, 0.5) is 5.69 Å². The highest BCUT2D eigenvalue weighted by atomic mass is 127. The number of piperazine rings is 1. The summed E-state index contributed by atoms with van der Waals surface area (Å²) < 4.78 is 0. The smallest absolute Gasteiger partial charge is 0.191 e. The molecule has 1 aromatic carbocycles. The van der Waals surface area contributed by atoms with Gasteiger partial charge in [0.1, 0.15) is 0 Å². The Hall–Kier alpha value is -1.06. The van der Waals surface area contributed by atoms with Crippen molar-refractivity contribution in [1.82, 2.24) is 20.4 Å². The number of nitrogens with zero attached hydrogens (tertiary/aromatic N) is 4. The number of hydrogen-bond acceptors (Lipinski definition) is 4. The van der Waals surface area contributed by atoms with Gasteiger partial charge < -0.3 is 20.4 Å². The second-order valence-electron chi connectivity index (χ2n) is 7.99. The Morgan fingerprint density at radius 3 is 2.31 bits per heavy atom. The Morgan fingerprint density at radius 1 is 0.966 bits per heavy atom. The molecule has 0 aliphatic carbocycles. The molecule has 29 heavy (non-hydrogen) atoms. The first-order valence-corrected chi connectivity index (χ1v) is 11.0. The lowest BCUT2D eigenvalue weighted by Gasteiger charge is -2.39. The zero-order valence-corrected chi connectivity index (χ0v) is 20.5. The molecule has 2 aliphatic heterocycles. The van der Waals surface area contributed by atoms with Gasteiger partial charge in [0, 0.05) is 64.6 Å². The molecule has 2 heterocycles. The van der Waals surface area contributed by atoms with Crippen molar-refractivity contribution in [3.63, 3.8) is 0 Å². The number of guanidine groups is 1. The van der Waals surface area contributed by atoms with Crippen LogP contribution in [-0.2, 0) is 0 Å². The molecule has 1 unspecified atom stereocenters. The summed E-state index contributed by atoms with van der Waals surface area (Å²) in [7, 11) is 1.86. The molecule has 0 saturated carbocycles. The standard InChI is InChI=1S/C22H38N6.HI/c1-20(27-15-17-28(18-16-27)21-9-5-3-6-10-21)19-25-22(23-2)24-11-14-26-12-7-4-8-13-26;/h3,5-6,9-10,20H,4,7-8,11-19H2,1-2H3,(H2,23,24,25);1H. The average Bonchev–Trinajstić information content (AvgIpc) is 2.77. The second kappa shape index (κ2) is 13.3. The fourth-order valence-corrected chi connectivity index (χ4v) is 4.17. The molecule has 0 aromatic heterocycles. The van der Waals surface area contributed by atoms with E-state index in [9.17, 15) is 0 Å². The van der Waals surface area contributed by atoms with Gasteiger partial charge in [0.2, 0.25) is 0 Å². The fraction of sp³-hybridized carbons (Fsp3) is 0.682. The van der Waals surface area contributed by atoms with Crippen molar-refractivity contribution < 1.29 is 0 Å². The van der Waals surface area contributed by atoms with Crippen LogP contribution >= 0.6 is 24.0 Å². The molecule has 1 aromatic rings. The molecule has 0 radical (unpaired) electrons. The van der Waals surface area contributed by atoms with Crippen molar-refractivity contribution in [2.24, 2.45) is 4.99 Å². The normalized spacial score (nSPS) is 20.1. The number of likely N-dealkylation sites (tertiary alicyclic amines) is 1. The van der Waals surface area contributed by atoms with Crippen LogP contribution in [0.3, 0.4) is 0 Å². The zero-order valence-electron chi connectivity index (χ0n) is 18.1. The lowest BCUT2D eigenvalue weighted by atomic mass is 10.1. The van der Waals surface area contributed by atoms with Gasteiger partial charge in [-0.2, -0.15) is 0 Å². The lowest BCUT2D eigenvalue weighted by molar-refractivity contribution is 0.197. The van der Waals surface area contributed by atoms with E-state index >= 15 is 0 Å². The highest BCUT2D eigenvalue weighted by molar-refractivity contribution is 14.0. The SMILES string of the molecule is CN=C(NCCN1CCCCC1)NCC(C)N1CCN(c2ccccc2)CC1.I. The van der Waals surface area contributed by atoms with Gasteiger partial charge in [-0.15, -0.1) is 24.0 Å². The van der Waals surface area contributed by atoms with Crippen LogP contribution in [0, 0.1) is 0 Å². The van der Waals surface area contributed by atoms with E-state index in [1.54, 1.807) is 0 Å². The number of hydrogen-bond donors (Lipinski definition) is 2. The molecule has 2 saturated heterocycles. The van der Waals surface area contributed by atoms with Crippen molar-refractivity contribution in [3.05, 3.63) is 30.3 Å². The number of anilines is 1. The summed E-state index contributed by atoms with van der Waals surface area (Å²) in [5, 5.41) is 6.99. The third kappa shape index (κ3) is 7.94. The van der Waals surface area contributed by atoms with Crippen molar-refractivity contribution >= 4 is 35.6 Å². The topological polar surface area (TPSA) is 46.1 Å². The molecule has 0 amide bonds. The molecule has 6 nitrogen and oxygen atoms in total. The molecule has 2 aliphatic rings. The van der Waals surface area contributed by atoms with E-state index in [2.05, 4.69) is 67.6 Å². The maximum atomic E-state index is 4.39. The Balaban J connectivity index is 0.00000300. The Kier molecular flexibility index (Phi) is 11.1. The van der Waals surface area contributed by atoms with Crippen LogP contribution in [0.5, 0.6) is 0 Å². The van der Waals surface area contributed by atoms with Gasteiger partial charge in [-0.3, -0.25) is 9.89 Å².